The molecule has 0 aliphatic rings. The van der Waals surface area contributed by atoms with E-state index in [1.165, 1.54) is 16.2 Å². The number of hydrogen-bond acceptors (Lipinski definition) is 8. The molecule has 12 heteroatoms. The molecule has 0 bridgehead atoms. The van der Waals surface area contributed by atoms with Crippen LogP contribution in [0.3, 0.4) is 0 Å². The number of aliphatic hydroxyl groups is 1. The summed E-state index contributed by atoms with van der Waals surface area (Å²) in [6.45, 7) is 0.177. The Kier molecular flexibility index (Phi) is 7.42. The number of aryl methyl sites for hydroxylation is 1. The molecule has 11 nitrogen and oxygen atoms in total. The number of halogens is 1. The van der Waals surface area contributed by atoms with Crippen molar-refractivity contribution in [1.29, 1.82) is 0 Å². The lowest BCUT2D eigenvalue weighted by Gasteiger charge is -2.14. The number of hydrogen-bond donors (Lipinski definition) is 2. The molecule has 0 amide bonds. The van der Waals surface area contributed by atoms with E-state index < -0.39 is 17.4 Å². The molecule has 1 unspecified atom stereocenters. The third-order valence-corrected chi connectivity index (χ3v) is 5.74. The van der Waals surface area contributed by atoms with E-state index in [2.05, 4.69) is 36.1 Å². The predicted molar refractivity (Wildman–Crippen MR) is 132 cm³/mol. The van der Waals surface area contributed by atoms with Crippen LogP contribution in [-0.4, -0.2) is 44.0 Å². The number of H-pyrrole nitrogens is 1. The highest BCUT2D eigenvalue weighted by Crippen LogP contribution is 2.21. The van der Waals surface area contributed by atoms with Crippen molar-refractivity contribution < 1.29 is 14.6 Å². The van der Waals surface area contributed by atoms with Gasteiger partial charge in [0.1, 0.15) is 24.2 Å². The third kappa shape index (κ3) is 5.66. The smallest absolute Gasteiger partial charge is 0.329 e. The minimum atomic E-state index is -0.997. The van der Waals surface area contributed by atoms with Crippen molar-refractivity contribution in [2.24, 2.45) is 17.3 Å². The predicted octanol–water partition coefficient (Wildman–Crippen LogP) is 2.92. The summed E-state index contributed by atoms with van der Waals surface area (Å²) in [6.07, 6.45) is -0.997. The summed E-state index contributed by atoms with van der Waals surface area (Å²) in [7, 11) is 3.08. The Morgan fingerprint density at radius 2 is 1.80 bits per heavy atom. The first-order valence-electron chi connectivity index (χ1n) is 10.6. The van der Waals surface area contributed by atoms with Crippen molar-refractivity contribution in [3.05, 3.63) is 79.4 Å². The van der Waals surface area contributed by atoms with Gasteiger partial charge in [0.15, 0.2) is 11.2 Å². The summed E-state index contributed by atoms with van der Waals surface area (Å²) in [5, 5.41) is 19.0. The first kappa shape index (κ1) is 24.4. The van der Waals surface area contributed by atoms with Gasteiger partial charge in [0.05, 0.1) is 20.2 Å². The lowest BCUT2D eigenvalue weighted by molar-refractivity contribution is 0.0937. The van der Waals surface area contributed by atoms with Crippen LogP contribution in [0.25, 0.3) is 11.2 Å². The Morgan fingerprint density at radius 3 is 2.49 bits per heavy atom. The number of nitrogens with zero attached hydrogens (tertiary/aromatic N) is 5. The van der Waals surface area contributed by atoms with E-state index in [0.717, 1.165) is 15.8 Å². The van der Waals surface area contributed by atoms with E-state index >= 15 is 0 Å². The number of rotatable bonds is 9. The van der Waals surface area contributed by atoms with Crippen molar-refractivity contribution >= 4 is 33.0 Å². The highest BCUT2D eigenvalue weighted by molar-refractivity contribution is 9.10. The molecule has 4 rings (SSSR count). The van der Waals surface area contributed by atoms with Crippen molar-refractivity contribution in [1.82, 2.24) is 19.1 Å². The second-order valence-electron chi connectivity index (χ2n) is 7.68. The standard InChI is InChI=1S/C23H23BrN6O5/c1-29-20-19(21(32)27-23(29)33)30(12-16(31)13-35-18-9-5-15(24)6-10-18)22(26-20)28-25-11-14-3-7-17(34-2)8-4-14/h3-10,16,31H,11-13H2,1-2H3,(H,27,32,33). The fraction of sp³-hybridized carbons (Fsp3) is 0.261. The molecule has 0 radical (unpaired) electrons. The van der Waals surface area contributed by atoms with Gasteiger partial charge in [0.2, 0.25) is 0 Å². The topological polar surface area (TPSA) is 136 Å². The molecule has 4 aromatic rings. The Labute approximate surface area is 207 Å². The van der Waals surface area contributed by atoms with Gasteiger partial charge in [-0.3, -0.25) is 18.9 Å². The van der Waals surface area contributed by atoms with E-state index in [1.54, 1.807) is 19.2 Å². The van der Waals surface area contributed by atoms with Crippen LogP contribution in [0.15, 0.2) is 72.8 Å². The van der Waals surface area contributed by atoms with Crippen LogP contribution in [0.5, 0.6) is 11.5 Å². The van der Waals surface area contributed by atoms with Gasteiger partial charge in [-0.25, -0.2) is 4.79 Å². The van der Waals surface area contributed by atoms with Gasteiger partial charge >= 0.3 is 5.69 Å². The van der Waals surface area contributed by atoms with Crippen LogP contribution in [0.1, 0.15) is 5.56 Å². The van der Waals surface area contributed by atoms with E-state index in [9.17, 15) is 14.7 Å². The number of ether oxygens (including phenoxy) is 2. The average molecular weight is 543 g/mol. The summed E-state index contributed by atoms with van der Waals surface area (Å²) < 4.78 is 14.3. The molecule has 1 atom stereocenters. The van der Waals surface area contributed by atoms with E-state index in [4.69, 9.17) is 9.47 Å². The molecule has 35 heavy (non-hydrogen) atoms. The number of fused-ring (bicyclic) bond motifs is 1. The fourth-order valence-corrected chi connectivity index (χ4v) is 3.63. The van der Waals surface area contributed by atoms with Crippen LogP contribution in [0, 0.1) is 0 Å². The van der Waals surface area contributed by atoms with Crippen molar-refractivity contribution in [3.8, 4) is 11.5 Å². The normalized spacial score (nSPS) is 12.3. The average Bonchev–Trinajstić information content (AvgIpc) is 3.21. The van der Waals surface area contributed by atoms with Crippen LogP contribution >= 0.6 is 15.9 Å². The number of methoxy groups -OCH3 is 1. The zero-order chi connectivity index (χ0) is 24.9. The quantitative estimate of drug-likeness (QED) is 0.312. The molecule has 2 heterocycles. The number of aromatic nitrogens is 4. The Morgan fingerprint density at radius 1 is 1.11 bits per heavy atom. The molecule has 2 aromatic carbocycles. The number of aliphatic hydroxyl groups excluding tert-OH is 1. The zero-order valence-electron chi connectivity index (χ0n) is 19.0. The number of azo groups is 1. The molecule has 0 saturated heterocycles. The first-order valence-corrected chi connectivity index (χ1v) is 11.4. The number of aromatic amines is 1. The van der Waals surface area contributed by atoms with Crippen LogP contribution in [0.2, 0.25) is 0 Å². The number of benzene rings is 2. The molecule has 182 valence electrons. The minimum Gasteiger partial charge on any atom is -0.497 e. The van der Waals surface area contributed by atoms with Crippen LogP contribution < -0.4 is 20.7 Å². The molecule has 2 aromatic heterocycles. The fourth-order valence-electron chi connectivity index (χ4n) is 3.37. The van der Waals surface area contributed by atoms with Crippen LogP contribution in [-0.2, 0) is 20.1 Å². The molecule has 2 N–H and O–H groups in total. The molecule has 0 saturated carbocycles. The third-order valence-electron chi connectivity index (χ3n) is 5.21. The Balaban J connectivity index is 1.60. The molecular weight excluding hydrogens is 520 g/mol. The second-order valence-corrected chi connectivity index (χ2v) is 8.59. The van der Waals surface area contributed by atoms with Crippen molar-refractivity contribution in [3.63, 3.8) is 0 Å². The molecular formula is C23H23BrN6O5. The molecule has 0 aliphatic carbocycles. The zero-order valence-corrected chi connectivity index (χ0v) is 20.6. The maximum absolute atomic E-state index is 12.6. The van der Waals surface area contributed by atoms with Gasteiger partial charge in [-0.05, 0) is 42.0 Å². The van der Waals surface area contributed by atoms with E-state index in [1.807, 2.05) is 36.4 Å². The maximum atomic E-state index is 12.6. The van der Waals surface area contributed by atoms with Gasteiger partial charge in [-0.2, -0.15) is 10.1 Å². The molecule has 0 aliphatic heterocycles. The van der Waals surface area contributed by atoms with Gasteiger partial charge in [-0.15, -0.1) is 5.11 Å². The van der Waals surface area contributed by atoms with Gasteiger partial charge in [-0.1, -0.05) is 28.1 Å². The SMILES string of the molecule is COc1ccc(CN=Nc2nc3c(c(=O)[nH]c(=O)n3C)n2CC(O)COc2ccc(Br)cc2)cc1. The largest absolute Gasteiger partial charge is 0.497 e. The van der Waals surface area contributed by atoms with Gasteiger partial charge < -0.3 is 14.6 Å². The van der Waals surface area contributed by atoms with Gasteiger partial charge in [0, 0.05) is 11.5 Å². The number of imidazole rings is 1. The second kappa shape index (κ2) is 10.7. The highest BCUT2D eigenvalue weighted by Gasteiger charge is 2.20. The number of nitrogens with one attached hydrogen (secondary N) is 1. The summed E-state index contributed by atoms with van der Waals surface area (Å²) in [4.78, 5) is 31.3. The molecule has 0 fully saturated rings. The van der Waals surface area contributed by atoms with Crippen molar-refractivity contribution in [2.45, 2.75) is 19.2 Å². The Hall–Kier alpha value is -3.77. The first-order chi connectivity index (χ1) is 16.9. The lowest BCUT2D eigenvalue weighted by Crippen LogP contribution is -2.30. The monoisotopic (exact) mass is 542 g/mol. The summed E-state index contributed by atoms with van der Waals surface area (Å²) in [6, 6.07) is 14.5. The maximum Gasteiger partial charge on any atom is 0.329 e. The van der Waals surface area contributed by atoms with E-state index in [0.29, 0.717) is 5.75 Å². The summed E-state index contributed by atoms with van der Waals surface area (Å²) in [5.41, 5.74) is -0.0991. The van der Waals surface area contributed by atoms with Crippen molar-refractivity contribution in [2.75, 3.05) is 13.7 Å². The highest BCUT2D eigenvalue weighted by atomic mass is 79.9. The summed E-state index contributed by atoms with van der Waals surface area (Å²) >= 11 is 3.36. The van der Waals surface area contributed by atoms with E-state index in [-0.39, 0.29) is 36.8 Å². The van der Waals surface area contributed by atoms with Crippen LogP contribution in [0.4, 0.5) is 5.95 Å². The molecule has 0 spiro atoms. The minimum absolute atomic E-state index is 0.0343. The Bertz CT molecular complexity index is 1460. The lowest BCUT2D eigenvalue weighted by atomic mass is 10.2. The van der Waals surface area contributed by atoms with Gasteiger partial charge in [0.25, 0.3) is 11.5 Å². The summed E-state index contributed by atoms with van der Waals surface area (Å²) in [5.74, 6) is 1.40.